The van der Waals surface area contributed by atoms with E-state index < -0.39 is 22.1 Å². The molecule has 0 bridgehead atoms. The molecule has 1 unspecified atom stereocenters. The maximum atomic E-state index is 13.3. The summed E-state index contributed by atoms with van der Waals surface area (Å²) in [5, 5.41) is 22.8. The summed E-state index contributed by atoms with van der Waals surface area (Å²) in [4.78, 5) is 40.0. The van der Waals surface area contributed by atoms with Gasteiger partial charge < -0.3 is 5.11 Å². The van der Waals surface area contributed by atoms with E-state index in [0.717, 1.165) is 4.57 Å². The number of benzene rings is 2. The number of hydrogen-bond acceptors (Lipinski definition) is 5. The molecule has 2 aliphatic rings. The van der Waals surface area contributed by atoms with Gasteiger partial charge in [-0.3, -0.25) is 14.9 Å². The zero-order valence-corrected chi connectivity index (χ0v) is 17.7. The molecule has 10 heteroatoms. The fourth-order valence-electron chi connectivity index (χ4n) is 4.45. The van der Waals surface area contributed by atoms with Crippen molar-refractivity contribution in [1.29, 1.82) is 0 Å². The third-order valence-corrected chi connectivity index (χ3v) is 6.34. The third kappa shape index (κ3) is 2.54. The Morgan fingerprint density at radius 2 is 1.78 bits per heavy atom. The number of nitrogens with one attached hydrogen (secondary N) is 1. The second kappa shape index (κ2) is 6.76. The van der Waals surface area contributed by atoms with Crippen molar-refractivity contribution in [1.82, 2.24) is 9.13 Å². The van der Waals surface area contributed by atoms with E-state index in [9.17, 15) is 24.8 Å². The van der Waals surface area contributed by atoms with Gasteiger partial charge in [0, 0.05) is 35.3 Å². The van der Waals surface area contributed by atoms with Crippen LogP contribution in [-0.2, 0) is 14.1 Å². The average Bonchev–Trinajstić information content (AvgIpc) is 3.07. The molecule has 1 aliphatic carbocycles. The minimum absolute atomic E-state index is 0.0581. The van der Waals surface area contributed by atoms with Crippen LogP contribution in [0.1, 0.15) is 28.2 Å². The van der Waals surface area contributed by atoms with E-state index in [-0.39, 0.29) is 33.4 Å². The largest absolute Gasteiger partial charge is 0.507 e. The molecular weight excluding hydrogens is 436 g/mol. The zero-order chi connectivity index (χ0) is 22.9. The summed E-state index contributed by atoms with van der Waals surface area (Å²) in [6.45, 7) is 0. The molecule has 0 radical (unpaired) electrons. The van der Waals surface area contributed by atoms with Crippen LogP contribution in [0, 0.1) is 10.1 Å². The molecule has 0 saturated carbocycles. The summed E-state index contributed by atoms with van der Waals surface area (Å²) in [6.07, 6.45) is 0. The van der Waals surface area contributed by atoms with Gasteiger partial charge in [-0.1, -0.05) is 29.8 Å². The summed E-state index contributed by atoms with van der Waals surface area (Å²) in [7, 11) is 2.88. The van der Waals surface area contributed by atoms with Crippen LogP contribution in [0.3, 0.4) is 0 Å². The number of aliphatic hydroxyl groups is 1. The predicted octanol–water partition coefficient (Wildman–Crippen LogP) is 1.28. The lowest BCUT2D eigenvalue weighted by Gasteiger charge is -2.24. The van der Waals surface area contributed by atoms with Crippen molar-refractivity contribution >= 4 is 34.6 Å². The molecule has 0 spiro atoms. The van der Waals surface area contributed by atoms with Crippen molar-refractivity contribution in [3.63, 3.8) is 0 Å². The number of allylic oxidation sites excluding steroid dienone is 1. The second-order valence-corrected chi connectivity index (χ2v) is 8.08. The topological polar surface area (TPSA) is 121 Å². The Morgan fingerprint density at radius 1 is 1.09 bits per heavy atom. The Balaban J connectivity index is 1.96. The molecule has 1 aliphatic heterocycles. The fourth-order valence-corrected chi connectivity index (χ4v) is 4.68. The van der Waals surface area contributed by atoms with Crippen LogP contribution in [-0.4, -0.2) is 24.9 Å². The molecule has 2 N–H and O–H groups in total. The summed E-state index contributed by atoms with van der Waals surface area (Å²) in [5.74, 6) is -0.752. The lowest BCUT2D eigenvalue weighted by atomic mass is 9.81. The van der Waals surface area contributed by atoms with E-state index in [4.69, 9.17) is 11.6 Å². The van der Waals surface area contributed by atoms with Crippen LogP contribution < -0.4 is 16.2 Å². The van der Waals surface area contributed by atoms with Crippen LogP contribution >= 0.6 is 11.6 Å². The van der Waals surface area contributed by atoms with Gasteiger partial charge in [0.25, 0.3) is 17.1 Å². The van der Waals surface area contributed by atoms with Gasteiger partial charge in [0.05, 0.1) is 23.5 Å². The molecule has 1 atom stereocenters. The highest BCUT2D eigenvalue weighted by Crippen LogP contribution is 2.45. The fraction of sp³-hybridized carbons (Fsp3) is 0.136. The van der Waals surface area contributed by atoms with E-state index in [1.807, 2.05) is 0 Å². The van der Waals surface area contributed by atoms with Crippen molar-refractivity contribution in [3.05, 3.63) is 106 Å². The van der Waals surface area contributed by atoms with Crippen LogP contribution in [0.15, 0.2) is 57.6 Å². The molecular formula is C22H16ClN4O5+. The number of nitrogens with zero attached hydrogens (tertiary/aromatic N) is 3. The summed E-state index contributed by atoms with van der Waals surface area (Å²) >= 11 is 6.48. The Labute approximate surface area is 185 Å². The van der Waals surface area contributed by atoms with Crippen molar-refractivity contribution in [2.45, 2.75) is 5.92 Å². The minimum Gasteiger partial charge on any atom is -0.507 e. The number of hydrogen-bond donors (Lipinski definition) is 2. The molecule has 0 fully saturated rings. The van der Waals surface area contributed by atoms with Crippen LogP contribution in [0.4, 0.5) is 11.5 Å². The first-order valence-corrected chi connectivity index (χ1v) is 10.0. The van der Waals surface area contributed by atoms with Crippen LogP contribution in [0.25, 0.3) is 5.76 Å². The highest BCUT2D eigenvalue weighted by atomic mass is 35.5. The van der Waals surface area contributed by atoms with Crippen molar-refractivity contribution in [2.24, 2.45) is 14.1 Å². The van der Waals surface area contributed by atoms with Gasteiger partial charge in [-0.25, -0.2) is 14.4 Å². The summed E-state index contributed by atoms with van der Waals surface area (Å²) in [5.41, 5.74) is 1.24. The van der Waals surface area contributed by atoms with Gasteiger partial charge in [0.1, 0.15) is 17.0 Å². The number of rotatable bonds is 2. The maximum absolute atomic E-state index is 13.3. The van der Waals surface area contributed by atoms with E-state index in [1.165, 1.54) is 36.9 Å². The summed E-state index contributed by atoms with van der Waals surface area (Å²) < 4.78 is 2.26. The highest BCUT2D eigenvalue weighted by Gasteiger charge is 2.45. The molecule has 0 saturated heterocycles. The molecule has 160 valence electrons. The first-order chi connectivity index (χ1) is 15.2. The zero-order valence-electron chi connectivity index (χ0n) is 16.9. The molecule has 2 heterocycles. The highest BCUT2D eigenvalue weighted by molar-refractivity contribution is 6.32. The van der Waals surface area contributed by atoms with Gasteiger partial charge >= 0.3 is 5.69 Å². The molecule has 32 heavy (non-hydrogen) atoms. The summed E-state index contributed by atoms with van der Waals surface area (Å²) in [6, 6.07) is 11.1. The quantitative estimate of drug-likeness (QED) is 0.449. The maximum Gasteiger partial charge on any atom is 0.417 e. The number of aliphatic hydroxyl groups excluding tert-OH is 1. The Kier molecular flexibility index (Phi) is 4.22. The van der Waals surface area contributed by atoms with E-state index in [2.05, 4.69) is 4.99 Å². The van der Waals surface area contributed by atoms with E-state index >= 15 is 0 Å². The van der Waals surface area contributed by atoms with Crippen molar-refractivity contribution in [3.8, 4) is 0 Å². The molecule has 0 amide bonds. The van der Waals surface area contributed by atoms with Crippen molar-refractivity contribution < 1.29 is 15.0 Å². The number of halogens is 1. The van der Waals surface area contributed by atoms with Gasteiger partial charge in [-0.05, 0) is 17.7 Å². The average molecular weight is 452 g/mol. The van der Waals surface area contributed by atoms with E-state index in [0.29, 0.717) is 22.4 Å². The SMILES string of the molecule is Cn1c2c(c(=O)n(C)c1=O)C(c1cc([N+](=O)[O-])ccc1Cl)C1=C(O)c3ccccc3C1=[NH+]2. The lowest BCUT2D eigenvalue weighted by Crippen LogP contribution is -2.73. The Hall–Kier alpha value is -3.98. The first-order valence-electron chi connectivity index (χ1n) is 9.63. The van der Waals surface area contributed by atoms with Gasteiger partial charge in [0.15, 0.2) is 0 Å². The molecule has 1 aromatic heterocycles. The molecule has 2 aromatic carbocycles. The molecule has 9 nitrogen and oxygen atoms in total. The van der Waals surface area contributed by atoms with Crippen LogP contribution in [0.5, 0.6) is 0 Å². The number of non-ortho nitro benzene ring substituents is 1. The Morgan fingerprint density at radius 3 is 2.47 bits per heavy atom. The Bertz CT molecular complexity index is 1550. The first kappa shape index (κ1) is 20.0. The number of fused-ring (bicyclic) bond motifs is 4. The van der Waals surface area contributed by atoms with Crippen molar-refractivity contribution in [2.75, 3.05) is 0 Å². The van der Waals surface area contributed by atoms with Gasteiger partial charge in [-0.15, -0.1) is 0 Å². The lowest BCUT2D eigenvalue weighted by molar-refractivity contribution is -0.385. The number of aromatic nitrogens is 2. The third-order valence-electron chi connectivity index (χ3n) is 6.00. The number of nitro groups is 1. The van der Waals surface area contributed by atoms with E-state index in [1.54, 1.807) is 24.3 Å². The second-order valence-electron chi connectivity index (χ2n) is 7.67. The number of nitro benzene ring substituents is 1. The monoisotopic (exact) mass is 451 g/mol. The normalized spacial score (nSPS) is 16.3. The van der Waals surface area contributed by atoms with Gasteiger partial charge in [-0.2, -0.15) is 4.57 Å². The molecule has 5 rings (SSSR count). The standard InChI is InChI=1S/C22H15ClN4O5/c1-25-20-17(21(29)26(2)22(25)30)15(13-9-10(27(31)32)7-8-14(13)23)16-18(24-20)11-5-3-4-6-12(11)19(16)28/h3-9,15,28H,1-2H3/p+1. The van der Waals surface area contributed by atoms with Gasteiger partial charge in [0.2, 0.25) is 0 Å². The predicted molar refractivity (Wildman–Crippen MR) is 118 cm³/mol. The minimum atomic E-state index is -0.938. The smallest absolute Gasteiger partial charge is 0.417 e. The molecule has 3 aromatic rings. The van der Waals surface area contributed by atoms with Crippen LogP contribution in [0.2, 0.25) is 5.02 Å².